The summed E-state index contributed by atoms with van der Waals surface area (Å²) in [7, 11) is 0. The van der Waals surface area contributed by atoms with Crippen LogP contribution in [0.4, 0.5) is 17.1 Å². The van der Waals surface area contributed by atoms with Crippen LogP contribution >= 0.6 is 0 Å². The van der Waals surface area contributed by atoms with Crippen LogP contribution in [0.3, 0.4) is 0 Å². The van der Waals surface area contributed by atoms with Crippen LogP contribution in [0.2, 0.25) is 0 Å². The molecule has 286 valence electrons. The van der Waals surface area contributed by atoms with Gasteiger partial charge in [0.15, 0.2) is 0 Å². The van der Waals surface area contributed by atoms with Crippen molar-refractivity contribution in [2.24, 2.45) is 23.7 Å². The van der Waals surface area contributed by atoms with E-state index in [0.717, 1.165) is 46.4 Å². The minimum Gasteiger partial charge on any atom is -0.311 e. The van der Waals surface area contributed by atoms with E-state index in [0.29, 0.717) is 5.41 Å². The van der Waals surface area contributed by atoms with Crippen molar-refractivity contribution in [1.29, 1.82) is 0 Å². The molecule has 2 bridgehead atoms. The molecule has 0 N–H and O–H groups in total. The van der Waals surface area contributed by atoms with Crippen LogP contribution in [-0.4, -0.2) is 4.57 Å². The zero-order chi connectivity index (χ0) is 39.1. The summed E-state index contributed by atoms with van der Waals surface area (Å²) in [5.41, 5.74) is 14.0. The molecule has 0 amide bonds. The quantitative estimate of drug-likeness (QED) is 0.157. The van der Waals surface area contributed by atoms with Crippen LogP contribution in [0.1, 0.15) is 44.6 Å². The first kappa shape index (κ1) is 34.6. The van der Waals surface area contributed by atoms with Gasteiger partial charge in [-0.2, -0.15) is 0 Å². The van der Waals surface area contributed by atoms with Gasteiger partial charge < -0.3 is 9.47 Å². The van der Waals surface area contributed by atoms with Crippen LogP contribution in [0.15, 0.2) is 188 Å². The molecular formula is C57H48N2. The molecule has 0 spiro atoms. The van der Waals surface area contributed by atoms with Crippen LogP contribution in [-0.2, 0) is 5.41 Å². The smallest absolute Gasteiger partial charge is 0.0547 e. The van der Waals surface area contributed by atoms with Gasteiger partial charge in [-0.3, -0.25) is 0 Å². The SMILES string of the molecule is C[C@H]1C[C@H]2C[C@H]3CC(c4ccc(-c5ccc(N(c6ccccc6)c6ccc(-c7cccc(-n8c9ccccc9c9cc%10ccccc%10cc98)c7)cc6)cc5)cc4)(CC23)C1. The first-order chi connectivity index (χ1) is 29.1. The maximum absolute atomic E-state index is 2.51. The van der Waals surface area contributed by atoms with Crippen molar-refractivity contribution in [2.75, 3.05) is 4.90 Å². The van der Waals surface area contributed by atoms with E-state index in [2.05, 4.69) is 204 Å². The fourth-order valence-corrected chi connectivity index (χ4v) is 12.0. The second-order valence-electron chi connectivity index (χ2n) is 18.1. The number of para-hydroxylation sites is 2. The lowest BCUT2D eigenvalue weighted by molar-refractivity contribution is 0.0780. The summed E-state index contributed by atoms with van der Waals surface area (Å²) < 4.78 is 2.42. The maximum atomic E-state index is 2.51. The lowest BCUT2D eigenvalue weighted by atomic mass is 9.63. The Balaban J connectivity index is 0.849. The second kappa shape index (κ2) is 13.6. The third-order valence-electron chi connectivity index (χ3n) is 14.6. The van der Waals surface area contributed by atoms with Gasteiger partial charge in [0, 0.05) is 33.5 Å². The molecule has 59 heavy (non-hydrogen) atoms. The van der Waals surface area contributed by atoms with Crippen LogP contribution in [0.25, 0.3) is 60.5 Å². The predicted molar refractivity (Wildman–Crippen MR) is 248 cm³/mol. The summed E-state index contributed by atoms with van der Waals surface area (Å²) in [5.74, 6) is 3.81. The zero-order valence-electron chi connectivity index (χ0n) is 33.6. The zero-order valence-corrected chi connectivity index (χ0v) is 33.6. The van der Waals surface area contributed by atoms with Crippen molar-refractivity contribution in [3.63, 3.8) is 0 Å². The summed E-state index contributed by atoms with van der Waals surface area (Å²) in [5, 5.41) is 5.08. The Morgan fingerprint density at radius 3 is 1.83 bits per heavy atom. The molecule has 0 radical (unpaired) electrons. The lowest BCUT2D eigenvalue weighted by Gasteiger charge is -2.42. The molecule has 2 unspecified atom stereocenters. The van der Waals surface area contributed by atoms with E-state index in [4.69, 9.17) is 0 Å². The lowest BCUT2D eigenvalue weighted by Crippen LogP contribution is -2.34. The van der Waals surface area contributed by atoms with Crippen molar-refractivity contribution in [1.82, 2.24) is 4.57 Å². The van der Waals surface area contributed by atoms with E-state index >= 15 is 0 Å². The van der Waals surface area contributed by atoms with Crippen molar-refractivity contribution < 1.29 is 0 Å². The molecule has 12 rings (SSSR count). The van der Waals surface area contributed by atoms with Crippen LogP contribution < -0.4 is 4.90 Å². The molecule has 8 aromatic carbocycles. The van der Waals surface area contributed by atoms with Gasteiger partial charge in [-0.25, -0.2) is 0 Å². The van der Waals surface area contributed by atoms with Gasteiger partial charge in [0.2, 0.25) is 0 Å². The molecule has 2 nitrogen and oxygen atoms in total. The highest BCUT2D eigenvalue weighted by Crippen LogP contribution is 2.65. The largest absolute Gasteiger partial charge is 0.311 e. The summed E-state index contributed by atoms with van der Waals surface area (Å²) in [6.07, 6.45) is 7.14. The third kappa shape index (κ3) is 5.75. The number of fused-ring (bicyclic) bond motifs is 5. The average molecular weight is 761 g/mol. The van der Waals surface area contributed by atoms with Gasteiger partial charge in [0.1, 0.15) is 0 Å². The molecule has 1 aromatic heterocycles. The standard InChI is InChI=1S/C57H48N2/c1-38-30-45-31-46-36-57(35-38,37-54(45)46)47-24-18-39(19-25-47)40-20-26-49(27-21-40)58(48-13-3-2-4-14-48)50-28-22-41(23-29-50)42-12-9-15-51(32-42)59-55-17-8-7-16-52(55)53-33-43-10-5-6-11-44(43)34-56(53)59/h2-29,32-34,38,45-46,54H,30-31,35-37H2,1H3/t38-,45-,46-,54?,57?/m0/s1. The fourth-order valence-electron chi connectivity index (χ4n) is 12.0. The van der Waals surface area contributed by atoms with E-state index in [1.165, 1.54) is 86.9 Å². The van der Waals surface area contributed by atoms with E-state index < -0.39 is 0 Å². The van der Waals surface area contributed by atoms with E-state index in [1.54, 1.807) is 5.56 Å². The predicted octanol–water partition coefficient (Wildman–Crippen LogP) is 15.5. The molecule has 2 heteroatoms. The number of hydrogen-bond donors (Lipinski definition) is 0. The average Bonchev–Trinajstić information content (AvgIpc) is 3.72. The Kier molecular flexibility index (Phi) is 7.99. The van der Waals surface area contributed by atoms with Crippen molar-refractivity contribution in [3.05, 3.63) is 194 Å². The summed E-state index contributed by atoms with van der Waals surface area (Å²) in [4.78, 5) is 2.36. The molecule has 3 saturated carbocycles. The van der Waals surface area contributed by atoms with Gasteiger partial charge in [-0.15, -0.1) is 0 Å². The van der Waals surface area contributed by atoms with Crippen molar-refractivity contribution >= 4 is 49.6 Å². The van der Waals surface area contributed by atoms with Crippen LogP contribution in [0.5, 0.6) is 0 Å². The number of benzene rings is 8. The Morgan fingerprint density at radius 2 is 1.08 bits per heavy atom. The molecule has 3 fully saturated rings. The van der Waals surface area contributed by atoms with Gasteiger partial charge >= 0.3 is 0 Å². The summed E-state index contributed by atoms with van der Waals surface area (Å²) in [6.45, 7) is 2.51. The number of hydrogen-bond acceptors (Lipinski definition) is 1. The Bertz CT molecular complexity index is 2990. The minimum atomic E-state index is 0.402. The Morgan fingerprint density at radius 1 is 0.458 bits per heavy atom. The molecule has 5 atom stereocenters. The topological polar surface area (TPSA) is 8.17 Å². The number of anilines is 3. The highest BCUT2D eigenvalue weighted by molar-refractivity contribution is 6.13. The molecule has 0 aliphatic heterocycles. The molecule has 3 aliphatic rings. The minimum absolute atomic E-state index is 0.402. The number of nitrogens with zero attached hydrogens (tertiary/aromatic N) is 2. The molecule has 0 saturated heterocycles. The highest BCUT2D eigenvalue weighted by atomic mass is 15.1. The molecule has 9 aromatic rings. The van der Waals surface area contributed by atoms with Gasteiger partial charge in [-0.1, -0.05) is 128 Å². The van der Waals surface area contributed by atoms with Gasteiger partial charge in [0.05, 0.1) is 11.0 Å². The fraction of sp³-hybridized carbons (Fsp3) is 0.193. The maximum Gasteiger partial charge on any atom is 0.0547 e. The highest BCUT2D eigenvalue weighted by Gasteiger charge is 2.57. The van der Waals surface area contributed by atoms with E-state index in [9.17, 15) is 0 Å². The number of aromatic nitrogens is 1. The number of rotatable bonds is 7. The van der Waals surface area contributed by atoms with E-state index in [1.807, 2.05) is 0 Å². The molecule has 3 aliphatic carbocycles. The summed E-state index contributed by atoms with van der Waals surface area (Å²) >= 11 is 0. The summed E-state index contributed by atoms with van der Waals surface area (Å²) in [6, 6.07) is 69.8. The Labute approximate surface area is 347 Å². The Hall–Kier alpha value is -6.38. The monoisotopic (exact) mass is 760 g/mol. The van der Waals surface area contributed by atoms with Crippen molar-refractivity contribution in [2.45, 2.75) is 44.4 Å². The van der Waals surface area contributed by atoms with Gasteiger partial charge in [-0.05, 0) is 167 Å². The van der Waals surface area contributed by atoms with Crippen LogP contribution in [0, 0.1) is 23.7 Å². The van der Waals surface area contributed by atoms with E-state index in [-0.39, 0.29) is 0 Å². The first-order valence-electron chi connectivity index (χ1n) is 21.8. The first-order valence-corrected chi connectivity index (χ1v) is 21.8. The molecular weight excluding hydrogens is 713 g/mol. The van der Waals surface area contributed by atoms with Crippen molar-refractivity contribution in [3.8, 4) is 27.9 Å². The molecule has 1 heterocycles. The third-order valence-corrected chi connectivity index (χ3v) is 14.6. The van der Waals surface area contributed by atoms with Gasteiger partial charge in [0.25, 0.3) is 0 Å². The normalized spacial score (nSPS) is 22.1. The second-order valence-corrected chi connectivity index (χ2v) is 18.1.